The van der Waals surface area contributed by atoms with E-state index >= 15 is 0 Å². The first kappa shape index (κ1) is 14.9. The molecule has 0 fully saturated rings. The van der Waals surface area contributed by atoms with Gasteiger partial charge in [0.1, 0.15) is 0 Å². The molecule has 2 nitrogen and oxygen atoms in total. The van der Waals surface area contributed by atoms with Crippen molar-refractivity contribution in [2.24, 2.45) is 0 Å². The average Bonchev–Trinajstić information content (AvgIpc) is 2.29. The normalized spacial score (nSPS) is 10.6. The van der Waals surface area contributed by atoms with E-state index in [1.54, 1.807) is 18.2 Å². The maximum Gasteiger partial charge on any atom is 0.0764 e. The van der Waals surface area contributed by atoms with Gasteiger partial charge in [-0.2, -0.15) is 0 Å². The molecule has 0 aliphatic rings. The highest BCUT2D eigenvalue weighted by Gasteiger charge is 2.11. The van der Waals surface area contributed by atoms with Gasteiger partial charge in [0.15, 0.2) is 0 Å². The van der Waals surface area contributed by atoms with Gasteiger partial charge in [0, 0.05) is 5.69 Å². The number of nitrogen functional groups attached to an aromatic ring is 1. The van der Waals surface area contributed by atoms with Gasteiger partial charge in [0.05, 0.1) is 36.5 Å². The van der Waals surface area contributed by atoms with Crippen LogP contribution >= 0.6 is 58.0 Å². The summed E-state index contributed by atoms with van der Waals surface area (Å²) < 4.78 is 0. The van der Waals surface area contributed by atoms with Crippen LogP contribution in [0.25, 0.3) is 0 Å². The minimum Gasteiger partial charge on any atom is -0.399 e. The van der Waals surface area contributed by atoms with Gasteiger partial charge in [-0.15, -0.1) is 0 Å². The molecule has 100 valence electrons. The molecule has 0 heterocycles. The summed E-state index contributed by atoms with van der Waals surface area (Å²) in [6, 6.07) is 6.30. The minimum absolute atomic E-state index is 0.367. The van der Waals surface area contributed by atoms with E-state index < -0.39 is 0 Å². The van der Waals surface area contributed by atoms with Gasteiger partial charge >= 0.3 is 0 Å². The first-order valence-corrected chi connectivity index (χ1v) is 6.93. The Kier molecular flexibility index (Phi) is 4.59. The van der Waals surface area contributed by atoms with Crippen LogP contribution in [0.15, 0.2) is 24.3 Å². The molecule has 0 radical (unpaired) electrons. The number of hydrogen-bond donors (Lipinski definition) is 2. The molecule has 0 saturated heterocycles. The van der Waals surface area contributed by atoms with Gasteiger partial charge in [0.2, 0.25) is 0 Å². The highest BCUT2D eigenvalue weighted by atomic mass is 35.5. The zero-order chi connectivity index (χ0) is 14.2. The summed E-state index contributed by atoms with van der Waals surface area (Å²) in [5.74, 6) is 0. The smallest absolute Gasteiger partial charge is 0.0764 e. The third-order valence-corrected chi connectivity index (χ3v) is 3.97. The molecule has 0 atom stereocenters. The Labute approximate surface area is 135 Å². The van der Waals surface area contributed by atoms with E-state index in [1.165, 1.54) is 6.07 Å². The topological polar surface area (TPSA) is 38.0 Å². The second-order valence-electron chi connectivity index (χ2n) is 3.73. The van der Waals surface area contributed by atoms with Crippen LogP contribution in [0.2, 0.25) is 25.1 Å². The number of hydrogen-bond acceptors (Lipinski definition) is 2. The van der Waals surface area contributed by atoms with Crippen LogP contribution in [0.1, 0.15) is 0 Å². The predicted octanol–water partition coefficient (Wildman–Crippen LogP) is 6.28. The minimum atomic E-state index is 0.367. The lowest BCUT2D eigenvalue weighted by Gasteiger charge is -2.13. The molecule has 2 aromatic carbocycles. The third kappa shape index (κ3) is 3.33. The molecule has 2 rings (SSSR count). The third-order valence-electron chi connectivity index (χ3n) is 2.33. The molecule has 0 aliphatic heterocycles. The van der Waals surface area contributed by atoms with Crippen molar-refractivity contribution in [1.82, 2.24) is 0 Å². The van der Waals surface area contributed by atoms with Crippen molar-refractivity contribution < 1.29 is 0 Å². The molecule has 2 aromatic rings. The zero-order valence-electron chi connectivity index (χ0n) is 9.28. The molecule has 0 unspecified atom stereocenters. The van der Waals surface area contributed by atoms with Gasteiger partial charge in [-0.3, -0.25) is 0 Å². The summed E-state index contributed by atoms with van der Waals surface area (Å²) in [4.78, 5) is 0. The molecule has 0 spiro atoms. The van der Waals surface area contributed by atoms with Crippen LogP contribution in [-0.2, 0) is 0 Å². The summed E-state index contributed by atoms with van der Waals surface area (Å²) in [7, 11) is 0. The Bertz CT molecular complexity index is 619. The fourth-order valence-electron chi connectivity index (χ4n) is 1.47. The fourth-order valence-corrected chi connectivity index (χ4v) is 2.66. The Hall–Kier alpha value is -0.510. The lowest BCUT2D eigenvalue weighted by Crippen LogP contribution is -1.95. The molecule has 3 N–H and O–H groups in total. The van der Waals surface area contributed by atoms with Crippen LogP contribution in [0, 0.1) is 0 Å². The molecule has 7 heteroatoms. The Balaban J connectivity index is 2.45. The average molecular weight is 356 g/mol. The van der Waals surface area contributed by atoms with Crippen molar-refractivity contribution in [3.8, 4) is 0 Å². The van der Waals surface area contributed by atoms with Gasteiger partial charge in [-0.25, -0.2) is 0 Å². The lowest BCUT2D eigenvalue weighted by atomic mass is 10.2. The number of nitrogens with two attached hydrogens (primary N) is 1. The van der Waals surface area contributed by atoms with E-state index in [0.717, 1.165) is 0 Å². The van der Waals surface area contributed by atoms with Crippen molar-refractivity contribution in [3.63, 3.8) is 0 Å². The first-order chi connectivity index (χ1) is 8.88. The maximum absolute atomic E-state index is 6.08. The SMILES string of the molecule is Nc1cc(Cl)c(Nc2cc(Cl)c(Cl)cc2Cl)c(Cl)c1. The van der Waals surface area contributed by atoms with Crippen LogP contribution in [0.5, 0.6) is 0 Å². The monoisotopic (exact) mass is 354 g/mol. The second-order valence-corrected chi connectivity index (χ2v) is 5.77. The van der Waals surface area contributed by atoms with E-state index in [4.69, 9.17) is 63.7 Å². The predicted molar refractivity (Wildman–Crippen MR) is 85.6 cm³/mol. The summed E-state index contributed by atoms with van der Waals surface area (Å²) in [6.45, 7) is 0. The Morgan fingerprint density at radius 3 is 1.79 bits per heavy atom. The van der Waals surface area contributed by atoms with Crippen molar-refractivity contribution in [2.45, 2.75) is 0 Å². The van der Waals surface area contributed by atoms with Crippen LogP contribution in [0.4, 0.5) is 17.1 Å². The van der Waals surface area contributed by atoms with E-state index in [1.807, 2.05) is 0 Å². The number of nitrogens with one attached hydrogen (secondary N) is 1. The number of rotatable bonds is 2. The van der Waals surface area contributed by atoms with Crippen LogP contribution in [0.3, 0.4) is 0 Å². The zero-order valence-corrected chi connectivity index (χ0v) is 13.1. The molecule has 0 saturated carbocycles. The summed E-state index contributed by atoms with van der Waals surface area (Å²) in [5.41, 5.74) is 7.15. The largest absolute Gasteiger partial charge is 0.399 e. The summed E-state index contributed by atoms with van der Waals surface area (Å²) in [5, 5.41) is 4.91. The van der Waals surface area contributed by atoms with Crippen molar-refractivity contribution >= 4 is 75.1 Å². The quantitative estimate of drug-likeness (QED) is 0.491. The molecule has 0 aromatic heterocycles. The molecular formula is C12H7Cl5N2. The second kappa shape index (κ2) is 5.86. The standard InChI is InChI=1S/C12H7Cl5N2/c13-6-3-8(15)11(4-7(6)14)19-12-9(16)1-5(18)2-10(12)17/h1-4,19H,18H2. The molecule has 0 amide bonds. The van der Waals surface area contributed by atoms with E-state index in [9.17, 15) is 0 Å². The Morgan fingerprint density at radius 2 is 1.21 bits per heavy atom. The molecule has 19 heavy (non-hydrogen) atoms. The summed E-state index contributed by atoms with van der Waals surface area (Å²) >= 11 is 30.0. The van der Waals surface area contributed by atoms with Gasteiger partial charge in [0.25, 0.3) is 0 Å². The van der Waals surface area contributed by atoms with Crippen LogP contribution in [-0.4, -0.2) is 0 Å². The number of benzene rings is 2. The number of halogens is 5. The lowest BCUT2D eigenvalue weighted by molar-refractivity contribution is 1.54. The summed E-state index contributed by atoms with van der Waals surface area (Å²) in [6.07, 6.45) is 0. The van der Waals surface area contributed by atoms with Crippen LogP contribution < -0.4 is 11.1 Å². The van der Waals surface area contributed by atoms with Gasteiger partial charge in [-0.05, 0) is 24.3 Å². The van der Waals surface area contributed by atoms with Crippen molar-refractivity contribution in [1.29, 1.82) is 0 Å². The Morgan fingerprint density at radius 1 is 0.684 bits per heavy atom. The molecule has 0 aliphatic carbocycles. The maximum atomic E-state index is 6.08. The number of anilines is 3. The highest BCUT2D eigenvalue weighted by molar-refractivity contribution is 6.44. The van der Waals surface area contributed by atoms with E-state index in [2.05, 4.69) is 5.32 Å². The van der Waals surface area contributed by atoms with Crippen molar-refractivity contribution in [3.05, 3.63) is 49.4 Å². The first-order valence-electron chi connectivity index (χ1n) is 5.04. The van der Waals surface area contributed by atoms with E-state index in [0.29, 0.717) is 42.2 Å². The fraction of sp³-hybridized carbons (Fsp3) is 0. The highest BCUT2D eigenvalue weighted by Crippen LogP contribution is 2.39. The van der Waals surface area contributed by atoms with Crippen molar-refractivity contribution in [2.75, 3.05) is 11.1 Å². The van der Waals surface area contributed by atoms with Gasteiger partial charge in [-0.1, -0.05) is 58.0 Å². The van der Waals surface area contributed by atoms with Gasteiger partial charge < -0.3 is 11.1 Å². The molecule has 0 bridgehead atoms. The van der Waals surface area contributed by atoms with E-state index in [-0.39, 0.29) is 0 Å². The molecular weight excluding hydrogens is 349 g/mol.